The standard InChI is InChI=1S/C78H148O17P2/c1-6-10-13-16-19-22-25-27-29-34-37-42-47-52-57-62-76(81)89-68-74(95-78(83)64-59-54-49-44-39-35-31-30-32-36-40-45-50-55-60-71(5)9-4)70-93-97(86,87)91-66-72(79)65-90-96(84,85)92-69-73(67-88-75(80)61-56-51-46-41-24-21-18-15-12-8-3)94-77(82)63-58-53-48-43-38-33-28-26-23-20-17-14-11-7-2/h22,25,27,29,71-74,79H,6-21,23-24,26,28,30-70H2,1-5H3,(H,84,85)(H,86,87)/b25-22-,29-27-/t71?,72-,73+,74+/m0/s1. The van der Waals surface area contributed by atoms with Crippen LogP contribution in [-0.2, 0) is 65.4 Å². The summed E-state index contributed by atoms with van der Waals surface area (Å²) in [6.45, 7) is 7.29. The number of unbranched alkanes of at least 4 members (excludes halogenated alkanes) is 44. The van der Waals surface area contributed by atoms with Crippen molar-refractivity contribution in [2.24, 2.45) is 5.92 Å². The maximum Gasteiger partial charge on any atom is 0.472 e. The Labute approximate surface area is 592 Å². The number of aliphatic hydroxyl groups excluding tert-OH is 1. The summed E-state index contributed by atoms with van der Waals surface area (Å²) in [6.07, 6.45) is 63.0. The number of hydrogen-bond donors (Lipinski definition) is 3. The van der Waals surface area contributed by atoms with Gasteiger partial charge in [-0.05, 0) is 57.3 Å². The molecule has 19 heteroatoms. The average molecular weight is 1420 g/mol. The van der Waals surface area contributed by atoms with Crippen molar-refractivity contribution in [1.29, 1.82) is 0 Å². The molecule has 0 bridgehead atoms. The van der Waals surface area contributed by atoms with Crippen LogP contribution in [0.2, 0.25) is 0 Å². The van der Waals surface area contributed by atoms with Gasteiger partial charge in [0.05, 0.1) is 26.4 Å². The fourth-order valence-electron chi connectivity index (χ4n) is 11.5. The zero-order valence-corrected chi connectivity index (χ0v) is 64.5. The highest BCUT2D eigenvalue weighted by Gasteiger charge is 2.30. The fraction of sp³-hybridized carbons (Fsp3) is 0.897. The van der Waals surface area contributed by atoms with Crippen LogP contribution in [0.25, 0.3) is 0 Å². The Bertz CT molecular complexity index is 1950. The van der Waals surface area contributed by atoms with E-state index in [0.29, 0.717) is 25.7 Å². The Hall–Kier alpha value is -2.46. The molecule has 0 aromatic heterocycles. The molecule has 0 aliphatic rings. The molecule has 97 heavy (non-hydrogen) atoms. The van der Waals surface area contributed by atoms with Crippen molar-refractivity contribution in [3.63, 3.8) is 0 Å². The van der Waals surface area contributed by atoms with Crippen molar-refractivity contribution in [3.8, 4) is 0 Å². The smallest absolute Gasteiger partial charge is 0.462 e. The summed E-state index contributed by atoms with van der Waals surface area (Å²) in [6, 6.07) is 0. The van der Waals surface area contributed by atoms with E-state index < -0.39 is 97.5 Å². The molecule has 0 aromatic rings. The normalized spacial score (nSPS) is 14.4. The molecule has 3 N–H and O–H groups in total. The van der Waals surface area contributed by atoms with Crippen LogP contribution in [0.1, 0.15) is 388 Å². The number of carbonyl (C=O) groups is 4. The van der Waals surface area contributed by atoms with Crippen molar-refractivity contribution in [3.05, 3.63) is 24.3 Å². The first-order valence-corrected chi connectivity index (χ1v) is 43.0. The molecular weight excluding hydrogens is 1270 g/mol. The minimum absolute atomic E-state index is 0.101. The highest BCUT2D eigenvalue weighted by atomic mass is 31.2. The molecule has 0 amide bonds. The summed E-state index contributed by atoms with van der Waals surface area (Å²) in [5.41, 5.74) is 0. The highest BCUT2D eigenvalue weighted by Crippen LogP contribution is 2.45. The molecule has 0 rings (SSSR count). The van der Waals surface area contributed by atoms with Crippen molar-refractivity contribution >= 4 is 39.5 Å². The van der Waals surface area contributed by atoms with Crippen LogP contribution in [0.15, 0.2) is 24.3 Å². The van der Waals surface area contributed by atoms with Crippen molar-refractivity contribution in [2.75, 3.05) is 39.6 Å². The number of ether oxygens (including phenoxy) is 4. The third kappa shape index (κ3) is 70.4. The zero-order valence-electron chi connectivity index (χ0n) is 62.7. The third-order valence-electron chi connectivity index (χ3n) is 18.0. The van der Waals surface area contributed by atoms with Gasteiger partial charge in [-0.3, -0.25) is 37.3 Å². The number of phosphoric ester groups is 2. The Morgan fingerprint density at radius 2 is 0.577 bits per heavy atom. The summed E-state index contributed by atoms with van der Waals surface area (Å²) < 4.78 is 68.6. The van der Waals surface area contributed by atoms with Gasteiger partial charge < -0.3 is 33.8 Å². The molecule has 0 fully saturated rings. The third-order valence-corrected chi connectivity index (χ3v) is 19.9. The largest absolute Gasteiger partial charge is 0.472 e. The second kappa shape index (κ2) is 70.6. The molecule has 0 radical (unpaired) electrons. The van der Waals surface area contributed by atoms with Gasteiger partial charge in [-0.1, -0.05) is 335 Å². The van der Waals surface area contributed by atoms with Crippen molar-refractivity contribution < 1.29 is 80.2 Å². The predicted molar refractivity (Wildman–Crippen MR) is 395 cm³/mol. The van der Waals surface area contributed by atoms with Crippen LogP contribution in [0.4, 0.5) is 0 Å². The first kappa shape index (κ1) is 94.5. The van der Waals surface area contributed by atoms with E-state index in [-0.39, 0.29) is 25.7 Å². The predicted octanol–water partition coefficient (Wildman–Crippen LogP) is 22.8. The number of allylic oxidation sites excluding steroid dienone is 4. The van der Waals surface area contributed by atoms with E-state index in [1.165, 1.54) is 193 Å². The minimum atomic E-state index is -4.97. The van der Waals surface area contributed by atoms with Crippen LogP contribution in [-0.4, -0.2) is 96.7 Å². The number of hydrogen-bond acceptors (Lipinski definition) is 15. The second-order valence-corrected chi connectivity index (χ2v) is 30.6. The monoisotopic (exact) mass is 1420 g/mol. The van der Waals surface area contributed by atoms with Gasteiger partial charge in [0.25, 0.3) is 0 Å². The summed E-state index contributed by atoms with van der Waals surface area (Å²) in [7, 11) is -9.92. The van der Waals surface area contributed by atoms with Gasteiger partial charge in [0.2, 0.25) is 0 Å². The summed E-state index contributed by atoms with van der Waals surface area (Å²) in [5, 5.41) is 10.6. The summed E-state index contributed by atoms with van der Waals surface area (Å²) >= 11 is 0. The van der Waals surface area contributed by atoms with Crippen LogP contribution >= 0.6 is 15.6 Å². The summed E-state index contributed by atoms with van der Waals surface area (Å²) in [4.78, 5) is 72.9. The van der Waals surface area contributed by atoms with Crippen molar-refractivity contribution in [1.82, 2.24) is 0 Å². The lowest BCUT2D eigenvalue weighted by Gasteiger charge is -2.21. The lowest BCUT2D eigenvalue weighted by molar-refractivity contribution is -0.161. The Kier molecular flexibility index (Phi) is 68.8. The number of esters is 4. The fourth-order valence-corrected chi connectivity index (χ4v) is 13.1. The molecule has 0 aromatic carbocycles. The molecule has 6 atom stereocenters. The first-order valence-electron chi connectivity index (χ1n) is 40.0. The average Bonchev–Trinajstić information content (AvgIpc) is 1.69. The molecule has 0 spiro atoms. The highest BCUT2D eigenvalue weighted by molar-refractivity contribution is 7.47. The van der Waals surface area contributed by atoms with Gasteiger partial charge in [-0.2, -0.15) is 0 Å². The van der Waals surface area contributed by atoms with Crippen LogP contribution < -0.4 is 0 Å². The molecular formula is C78H148O17P2. The minimum Gasteiger partial charge on any atom is -0.462 e. The number of rotatable bonds is 76. The lowest BCUT2D eigenvalue weighted by Crippen LogP contribution is -2.30. The van der Waals surface area contributed by atoms with Gasteiger partial charge in [-0.25, -0.2) is 9.13 Å². The summed E-state index contributed by atoms with van der Waals surface area (Å²) in [5.74, 6) is -1.30. The molecule has 0 saturated carbocycles. The molecule has 0 saturated heterocycles. The number of phosphoric acid groups is 2. The lowest BCUT2D eigenvalue weighted by atomic mass is 9.99. The quantitative estimate of drug-likeness (QED) is 0.0169. The maximum absolute atomic E-state index is 13.1. The molecule has 0 aliphatic heterocycles. The number of aliphatic hydroxyl groups is 1. The van der Waals surface area contributed by atoms with E-state index in [2.05, 4.69) is 58.9 Å². The molecule has 0 heterocycles. The maximum atomic E-state index is 13.1. The first-order chi connectivity index (χ1) is 47.1. The molecule has 572 valence electrons. The van der Waals surface area contributed by atoms with E-state index in [0.717, 1.165) is 115 Å². The van der Waals surface area contributed by atoms with Crippen molar-refractivity contribution in [2.45, 2.75) is 406 Å². The van der Waals surface area contributed by atoms with E-state index in [1.54, 1.807) is 0 Å². The number of carbonyl (C=O) groups excluding carboxylic acids is 4. The van der Waals surface area contributed by atoms with Gasteiger partial charge in [0.1, 0.15) is 19.3 Å². The van der Waals surface area contributed by atoms with E-state index in [9.17, 15) is 43.2 Å². The second-order valence-electron chi connectivity index (χ2n) is 27.7. The Morgan fingerprint density at radius 3 is 0.876 bits per heavy atom. The Morgan fingerprint density at radius 1 is 0.330 bits per heavy atom. The van der Waals surface area contributed by atoms with Crippen LogP contribution in [0.3, 0.4) is 0 Å². The van der Waals surface area contributed by atoms with Crippen LogP contribution in [0, 0.1) is 5.92 Å². The van der Waals surface area contributed by atoms with Crippen LogP contribution in [0.5, 0.6) is 0 Å². The van der Waals surface area contributed by atoms with Gasteiger partial charge in [0, 0.05) is 25.7 Å². The van der Waals surface area contributed by atoms with E-state index in [4.69, 9.17) is 37.0 Å². The topological polar surface area (TPSA) is 237 Å². The van der Waals surface area contributed by atoms with E-state index >= 15 is 0 Å². The molecule has 0 aliphatic carbocycles. The van der Waals surface area contributed by atoms with Gasteiger partial charge in [0.15, 0.2) is 12.2 Å². The zero-order chi connectivity index (χ0) is 71.2. The molecule has 3 unspecified atom stereocenters. The van der Waals surface area contributed by atoms with Gasteiger partial charge >= 0.3 is 39.5 Å². The van der Waals surface area contributed by atoms with E-state index in [1.807, 2.05) is 0 Å². The Balaban J connectivity index is 5.28. The van der Waals surface area contributed by atoms with Gasteiger partial charge in [-0.15, -0.1) is 0 Å². The molecule has 17 nitrogen and oxygen atoms in total. The SMILES string of the molecule is CCCCCC/C=C\C=C/CCCCCCCC(=O)OC[C@H](COP(=O)(O)OC[C@@H](O)COP(=O)(O)OC[C@@H](COC(=O)CCCCCCCCCCCC)OC(=O)CCCCCCCCCCCCCCCC)OC(=O)CCCCCCCCCCCCCCCCC(C)CC.